The Morgan fingerprint density at radius 3 is 2.50 bits per heavy atom. The molecule has 2 unspecified atom stereocenters. The molecule has 0 aliphatic carbocycles. The highest BCUT2D eigenvalue weighted by Crippen LogP contribution is 2.26. The van der Waals surface area contributed by atoms with Gasteiger partial charge < -0.3 is 25.2 Å². The third-order valence-corrected chi connectivity index (χ3v) is 2.03. The first-order chi connectivity index (χ1) is 5.47. The topological polar surface area (TPSA) is 90.2 Å². The number of aliphatic hydroxyl groups excluding tert-OH is 3. The van der Waals surface area contributed by atoms with Crippen LogP contribution in [-0.2, 0) is 4.74 Å². The summed E-state index contributed by atoms with van der Waals surface area (Å²) in [5, 5.41) is 36.5. The lowest BCUT2D eigenvalue weighted by Crippen LogP contribution is -2.56. The van der Waals surface area contributed by atoms with Gasteiger partial charge in [-0.15, -0.1) is 0 Å². The fraction of sp³-hybridized carbons (Fsp3) is 1.00. The fourth-order valence-corrected chi connectivity index (χ4v) is 1.32. The van der Waals surface area contributed by atoms with E-state index in [-0.39, 0.29) is 13.0 Å². The number of rotatable bonds is 1. The highest BCUT2D eigenvalue weighted by Gasteiger charge is 2.44. The summed E-state index contributed by atoms with van der Waals surface area (Å²) in [6.07, 6.45) is -2.85. The Hall–Kier alpha value is -0.200. The minimum atomic E-state index is -1.77. The standard InChI is InChI=1S/C7H14O5/c1-7(11)6(10)5(9)2-4(3-8)12-7/h4-6,8-11H,2-3H2,1H3/t4?,5-,6?,7-/m0/s1. The number of hydrogen-bond donors (Lipinski definition) is 4. The molecule has 0 aromatic rings. The molecule has 0 spiro atoms. The van der Waals surface area contributed by atoms with Crippen molar-refractivity contribution in [3.63, 3.8) is 0 Å². The van der Waals surface area contributed by atoms with E-state index in [1.165, 1.54) is 6.92 Å². The second kappa shape index (κ2) is 3.27. The van der Waals surface area contributed by atoms with Gasteiger partial charge in [0.1, 0.15) is 6.10 Å². The Bertz CT molecular complexity index is 158. The minimum absolute atomic E-state index is 0.133. The van der Waals surface area contributed by atoms with Gasteiger partial charge in [-0.3, -0.25) is 0 Å². The second-order valence-corrected chi connectivity index (χ2v) is 3.22. The summed E-state index contributed by atoms with van der Waals surface area (Å²) in [7, 11) is 0. The van der Waals surface area contributed by atoms with E-state index in [0.717, 1.165) is 0 Å². The van der Waals surface area contributed by atoms with E-state index in [2.05, 4.69) is 0 Å². The van der Waals surface area contributed by atoms with Gasteiger partial charge in [0.15, 0.2) is 5.79 Å². The molecule has 12 heavy (non-hydrogen) atoms. The highest BCUT2D eigenvalue weighted by atomic mass is 16.7. The van der Waals surface area contributed by atoms with E-state index in [9.17, 15) is 15.3 Å². The van der Waals surface area contributed by atoms with Crippen LogP contribution in [0.15, 0.2) is 0 Å². The zero-order valence-electron chi connectivity index (χ0n) is 6.84. The van der Waals surface area contributed by atoms with E-state index in [1.807, 2.05) is 0 Å². The lowest BCUT2D eigenvalue weighted by Gasteiger charge is -2.40. The van der Waals surface area contributed by atoms with E-state index < -0.39 is 24.1 Å². The van der Waals surface area contributed by atoms with Crippen molar-refractivity contribution in [3.8, 4) is 0 Å². The average molecular weight is 178 g/mol. The molecule has 4 N–H and O–H groups in total. The van der Waals surface area contributed by atoms with Gasteiger partial charge in [-0.1, -0.05) is 0 Å². The molecule has 0 saturated carbocycles. The molecule has 4 atom stereocenters. The summed E-state index contributed by atoms with van der Waals surface area (Å²) in [5.41, 5.74) is 0. The Kier molecular flexibility index (Phi) is 2.70. The van der Waals surface area contributed by atoms with Crippen LogP contribution in [0.3, 0.4) is 0 Å². The van der Waals surface area contributed by atoms with Gasteiger partial charge in [0.2, 0.25) is 0 Å². The highest BCUT2D eigenvalue weighted by molar-refractivity contribution is 4.87. The average Bonchev–Trinajstić information content (AvgIpc) is 1.99. The Morgan fingerprint density at radius 1 is 1.50 bits per heavy atom. The quantitative estimate of drug-likeness (QED) is 0.380. The van der Waals surface area contributed by atoms with E-state index in [4.69, 9.17) is 9.84 Å². The molecule has 5 heteroatoms. The Labute approximate surface area is 70.2 Å². The van der Waals surface area contributed by atoms with Crippen LogP contribution in [0.1, 0.15) is 13.3 Å². The monoisotopic (exact) mass is 178 g/mol. The zero-order valence-corrected chi connectivity index (χ0v) is 6.84. The van der Waals surface area contributed by atoms with Crippen LogP contribution >= 0.6 is 0 Å². The fourth-order valence-electron chi connectivity index (χ4n) is 1.32. The molecule has 1 aliphatic heterocycles. The third-order valence-electron chi connectivity index (χ3n) is 2.03. The zero-order chi connectivity index (χ0) is 9.35. The maximum atomic E-state index is 9.37. The molecule has 5 nitrogen and oxygen atoms in total. The summed E-state index contributed by atoms with van der Waals surface area (Å²) < 4.78 is 4.90. The van der Waals surface area contributed by atoms with Crippen LogP contribution in [-0.4, -0.2) is 51.1 Å². The van der Waals surface area contributed by atoms with Crippen molar-refractivity contribution in [1.82, 2.24) is 0 Å². The van der Waals surface area contributed by atoms with Crippen molar-refractivity contribution < 1.29 is 25.2 Å². The Morgan fingerprint density at radius 2 is 2.08 bits per heavy atom. The van der Waals surface area contributed by atoms with Crippen molar-refractivity contribution in [1.29, 1.82) is 0 Å². The number of aliphatic hydroxyl groups is 4. The summed E-state index contributed by atoms with van der Waals surface area (Å²) in [6.45, 7) is 0.975. The number of ether oxygens (including phenoxy) is 1. The second-order valence-electron chi connectivity index (χ2n) is 3.22. The predicted molar refractivity (Wildman–Crippen MR) is 39.2 cm³/mol. The third kappa shape index (κ3) is 1.75. The van der Waals surface area contributed by atoms with Gasteiger partial charge in [-0.2, -0.15) is 0 Å². The van der Waals surface area contributed by atoms with E-state index in [1.54, 1.807) is 0 Å². The normalized spacial score (nSPS) is 49.2. The first-order valence-corrected chi connectivity index (χ1v) is 3.84. The number of hydrogen-bond acceptors (Lipinski definition) is 5. The van der Waals surface area contributed by atoms with Crippen molar-refractivity contribution >= 4 is 0 Å². The Balaban J connectivity index is 2.65. The molecular weight excluding hydrogens is 164 g/mol. The predicted octanol–water partition coefficient (Wildman–Crippen LogP) is -1.80. The maximum absolute atomic E-state index is 9.37. The SMILES string of the molecule is C[C@]1(O)OC(CO)C[C@H](O)C1O. The largest absolute Gasteiger partial charge is 0.394 e. The van der Waals surface area contributed by atoms with Crippen LogP contribution in [0.2, 0.25) is 0 Å². The summed E-state index contributed by atoms with van der Waals surface area (Å²) in [5.74, 6) is -1.77. The summed E-state index contributed by atoms with van der Waals surface area (Å²) in [4.78, 5) is 0. The molecular formula is C7H14O5. The van der Waals surface area contributed by atoms with E-state index in [0.29, 0.717) is 0 Å². The van der Waals surface area contributed by atoms with Gasteiger partial charge >= 0.3 is 0 Å². The molecule has 1 rings (SSSR count). The first-order valence-electron chi connectivity index (χ1n) is 3.84. The molecule has 1 saturated heterocycles. The first kappa shape index (κ1) is 9.88. The molecule has 1 heterocycles. The van der Waals surface area contributed by atoms with Crippen LogP contribution in [0.4, 0.5) is 0 Å². The molecule has 0 amide bonds. The summed E-state index contributed by atoms with van der Waals surface area (Å²) in [6, 6.07) is 0. The molecule has 72 valence electrons. The minimum Gasteiger partial charge on any atom is -0.394 e. The van der Waals surface area contributed by atoms with Crippen molar-refractivity contribution in [2.45, 2.75) is 37.4 Å². The molecule has 0 radical (unpaired) electrons. The molecule has 0 aromatic heterocycles. The lowest BCUT2D eigenvalue weighted by atomic mass is 9.96. The van der Waals surface area contributed by atoms with Crippen LogP contribution < -0.4 is 0 Å². The molecule has 1 aliphatic rings. The van der Waals surface area contributed by atoms with Gasteiger partial charge in [0.25, 0.3) is 0 Å². The van der Waals surface area contributed by atoms with Gasteiger partial charge in [0.05, 0.1) is 18.8 Å². The van der Waals surface area contributed by atoms with Crippen LogP contribution in [0, 0.1) is 0 Å². The van der Waals surface area contributed by atoms with Gasteiger partial charge in [0, 0.05) is 6.42 Å². The van der Waals surface area contributed by atoms with Crippen molar-refractivity contribution in [2.75, 3.05) is 6.61 Å². The van der Waals surface area contributed by atoms with Crippen molar-refractivity contribution in [3.05, 3.63) is 0 Å². The van der Waals surface area contributed by atoms with Gasteiger partial charge in [-0.25, -0.2) is 0 Å². The smallest absolute Gasteiger partial charge is 0.192 e. The maximum Gasteiger partial charge on any atom is 0.192 e. The van der Waals surface area contributed by atoms with Crippen LogP contribution in [0.5, 0.6) is 0 Å². The summed E-state index contributed by atoms with van der Waals surface area (Å²) >= 11 is 0. The van der Waals surface area contributed by atoms with Gasteiger partial charge in [-0.05, 0) is 6.92 Å². The van der Waals surface area contributed by atoms with E-state index >= 15 is 0 Å². The molecule has 0 aromatic carbocycles. The molecule has 1 fully saturated rings. The van der Waals surface area contributed by atoms with Crippen molar-refractivity contribution in [2.24, 2.45) is 0 Å². The lowest BCUT2D eigenvalue weighted by molar-refractivity contribution is -0.315. The molecule has 0 bridgehead atoms. The van der Waals surface area contributed by atoms with Crippen LogP contribution in [0.25, 0.3) is 0 Å².